The van der Waals surface area contributed by atoms with E-state index in [1.165, 1.54) is 0 Å². The van der Waals surface area contributed by atoms with E-state index in [9.17, 15) is 9.59 Å². The highest BCUT2D eigenvalue weighted by Gasteiger charge is 2.35. The Bertz CT molecular complexity index is 779. The maximum Gasteiger partial charge on any atom is 0.254 e. The van der Waals surface area contributed by atoms with Crippen LogP contribution < -0.4 is 4.90 Å². The molecule has 1 atom stereocenters. The standard InChI is InChI=1S/C18H16BrClN2O2/c1-12-17(23)22(16-7-5-15(20)6-8-16)10-9-21(12)18(24)13-3-2-4-14(19)11-13/h2-8,11-12H,9-10H2,1H3. The Morgan fingerprint density at radius 1 is 1.17 bits per heavy atom. The van der Waals surface area contributed by atoms with Gasteiger partial charge in [0.15, 0.2) is 0 Å². The summed E-state index contributed by atoms with van der Waals surface area (Å²) in [4.78, 5) is 28.7. The smallest absolute Gasteiger partial charge is 0.254 e. The van der Waals surface area contributed by atoms with Gasteiger partial charge in [0.25, 0.3) is 5.91 Å². The molecule has 1 aliphatic rings. The lowest BCUT2D eigenvalue weighted by Gasteiger charge is -2.39. The van der Waals surface area contributed by atoms with Crippen LogP contribution in [0.15, 0.2) is 53.0 Å². The molecule has 1 unspecified atom stereocenters. The van der Waals surface area contributed by atoms with Crippen molar-refractivity contribution in [1.29, 1.82) is 0 Å². The van der Waals surface area contributed by atoms with E-state index in [2.05, 4.69) is 15.9 Å². The molecular weight excluding hydrogens is 392 g/mol. The number of hydrogen-bond acceptors (Lipinski definition) is 2. The number of halogens is 2. The molecule has 1 fully saturated rings. The number of nitrogens with zero attached hydrogens (tertiary/aromatic N) is 2. The van der Waals surface area contributed by atoms with Crippen molar-refractivity contribution in [3.8, 4) is 0 Å². The van der Waals surface area contributed by atoms with Crippen molar-refractivity contribution in [3.05, 3.63) is 63.6 Å². The first-order valence-corrected chi connectivity index (χ1v) is 8.78. The molecule has 1 aliphatic heterocycles. The SMILES string of the molecule is CC1C(=O)N(c2ccc(Cl)cc2)CCN1C(=O)c1cccc(Br)c1. The molecule has 124 valence electrons. The van der Waals surface area contributed by atoms with Gasteiger partial charge in [-0.1, -0.05) is 33.6 Å². The molecule has 1 saturated heterocycles. The highest BCUT2D eigenvalue weighted by atomic mass is 79.9. The Kier molecular flexibility index (Phi) is 4.92. The zero-order chi connectivity index (χ0) is 17.3. The van der Waals surface area contributed by atoms with Crippen molar-refractivity contribution in [1.82, 2.24) is 4.90 Å². The first kappa shape index (κ1) is 17.0. The molecule has 24 heavy (non-hydrogen) atoms. The van der Waals surface area contributed by atoms with Gasteiger partial charge in [0, 0.05) is 33.8 Å². The fraction of sp³-hybridized carbons (Fsp3) is 0.222. The number of benzene rings is 2. The molecule has 2 amide bonds. The molecule has 0 saturated carbocycles. The van der Waals surface area contributed by atoms with E-state index in [1.807, 2.05) is 24.3 Å². The molecule has 0 bridgehead atoms. The van der Waals surface area contributed by atoms with E-state index in [0.29, 0.717) is 23.7 Å². The lowest BCUT2D eigenvalue weighted by Crippen LogP contribution is -2.57. The van der Waals surface area contributed by atoms with Gasteiger partial charge in [-0.2, -0.15) is 0 Å². The maximum atomic E-state index is 12.7. The van der Waals surface area contributed by atoms with Gasteiger partial charge >= 0.3 is 0 Å². The lowest BCUT2D eigenvalue weighted by molar-refractivity contribution is -0.124. The van der Waals surface area contributed by atoms with Gasteiger partial charge in [0.2, 0.25) is 5.91 Å². The molecule has 2 aromatic carbocycles. The molecule has 0 aromatic heterocycles. The highest BCUT2D eigenvalue weighted by Crippen LogP contribution is 2.24. The molecule has 3 rings (SSSR count). The van der Waals surface area contributed by atoms with E-state index in [4.69, 9.17) is 11.6 Å². The minimum atomic E-state index is -0.513. The normalized spacial score (nSPS) is 18.0. The molecule has 0 N–H and O–H groups in total. The van der Waals surface area contributed by atoms with Crippen LogP contribution in [-0.2, 0) is 4.79 Å². The van der Waals surface area contributed by atoms with Crippen LogP contribution in [0, 0.1) is 0 Å². The second kappa shape index (κ2) is 6.95. The summed E-state index contributed by atoms with van der Waals surface area (Å²) in [6.07, 6.45) is 0. The molecule has 4 nitrogen and oxygen atoms in total. The van der Waals surface area contributed by atoms with Crippen LogP contribution in [0.2, 0.25) is 5.02 Å². The molecule has 0 aliphatic carbocycles. The third-order valence-corrected chi connectivity index (χ3v) is 4.87. The van der Waals surface area contributed by atoms with Gasteiger partial charge in [-0.3, -0.25) is 9.59 Å². The fourth-order valence-corrected chi connectivity index (χ4v) is 3.34. The Labute approximate surface area is 154 Å². The molecule has 1 heterocycles. The molecule has 0 radical (unpaired) electrons. The average Bonchev–Trinajstić information content (AvgIpc) is 2.58. The van der Waals surface area contributed by atoms with Gasteiger partial charge in [-0.25, -0.2) is 0 Å². The molecule has 6 heteroatoms. The molecular formula is C18H16BrClN2O2. The quantitative estimate of drug-likeness (QED) is 0.755. The first-order chi connectivity index (χ1) is 11.5. The van der Waals surface area contributed by atoms with Gasteiger partial charge in [0.1, 0.15) is 6.04 Å². The third-order valence-electron chi connectivity index (χ3n) is 4.13. The van der Waals surface area contributed by atoms with Gasteiger partial charge in [-0.05, 0) is 49.4 Å². The minimum absolute atomic E-state index is 0.0908. The van der Waals surface area contributed by atoms with Crippen LogP contribution in [0.1, 0.15) is 17.3 Å². The Hall–Kier alpha value is -1.85. The van der Waals surface area contributed by atoms with Crippen molar-refractivity contribution in [2.24, 2.45) is 0 Å². The van der Waals surface area contributed by atoms with Crippen molar-refractivity contribution >= 4 is 45.0 Å². The van der Waals surface area contributed by atoms with Crippen LogP contribution in [0.5, 0.6) is 0 Å². The second-order valence-electron chi connectivity index (χ2n) is 5.65. The number of amides is 2. The third kappa shape index (κ3) is 3.32. The minimum Gasteiger partial charge on any atom is -0.325 e. The van der Waals surface area contributed by atoms with E-state index < -0.39 is 6.04 Å². The number of carbonyl (C=O) groups excluding carboxylic acids is 2. The van der Waals surface area contributed by atoms with Crippen LogP contribution in [0.4, 0.5) is 5.69 Å². The average molecular weight is 408 g/mol. The van der Waals surface area contributed by atoms with Crippen molar-refractivity contribution in [3.63, 3.8) is 0 Å². The summed E-state index contributed by atoms with van der Waals surface area (Å²) in [7, 11) is 0. The first-order valence-electron chi connectivity index (χ1n) is 7.61. The van der Waals surface area contributed by atoms with Gasteiger partial charge in [-0.15, -0.1) is 0 Å². The molecule has 0 spiro atoms. The summed E-state index contributed by atoms with van der Waals surface area (Å²) in [5.41, 5.74) is 1.37. The summed E-state index contributed by atoms with van der Waals surface area (Å²) >= 11 is 9.27. The predicted molar refractivity (Wildman–Crippen MR) is 98.4 cm³/mol. The van der Waals surface area contributed by atoms with Gasteiger partial charge < -0.3 is 9.80 Å². The summed E-state index contributed by atoms with van der Waals surface area (Å²) in [6.45, 7) is 2.71. The van der Waals surface area contributed by atoms with E-state index in [0.717, 1.165) is 10.2 Å². The van der Waals surface area contributed by atoms with Crippen LogP contribution >= 0.6 is 27.5 Å². The van der Waals surface area contributed by atoms with Crippen LogP contribution in [0.25, 0.3) is 0 Å². The second-order valence-corrected chi connectivity index (χ2v) is 7.00. The summed E-state index contributed by atoms with van der Waals surface area (Å²) < 4.78 is 0.840. The Morgan fingerprint density at radius 2 is 1.88 bits per heavy atom. The van der Waals surface area contributed by atoms with Crippen LogP contribution in [-0.4, -0.2) is 35.8 Å². The van der Waals surface area contributed by atoms with Crippen molar-refractivity contribution in [2.75, 3.05) is 18.0 Å². The molecule has 2 aromatic rings. The van der Waals surface area contributed by atoms with Crippen molar-refractivity contribution < 1.29 is 9.59 Å². The number of carbonyl (C=O) groups is 2. The predicted octanol–water partition coefficient (Wildman–Crippen LogP) is 3.98. The number of rotatable bonds is 2. The Morgan fingerprint density at radius 3 is 2.54 bits per heavy atom. The fourth-order valence-electron chi connectivity index (χ4n) is 2.81. The topological polar surface area (TPSA) is 40.6 Å². The number of hydrogen-bond donors (Lipinski definition) is 0. The van der Waals surface area contributed by atoms with Gasteiger partial charge in [0.05, 0.1) is 0 Å². The summed E-state index contributed by atoms with van der Waals surface area (Å²) in [6, 6.07) is 13.8. The summed E-state index contributed by atoms with van der Waals surface area (Å²) in [5.74, 6) is -0.222. The van der Waals surface area contributed by atoms with E-state index in [-0.39, 0.29) is 11.8 Å². The zero-order valence-corrected chi connectivity index (χ0v) is 15.4. The van der Waals surface area contributed by atoms with Crippen molar-refractivity contribution in [2.45, 2.75) is 13.0 Å². The number of anilines is 1. The monoisotopic (exact) mass is 406 g/mol. The van der Waals surface area contributed by atoms with E-state index in [1.54, 1.807) is 41.0 Å². The van der Waals surface area contributed by atoms with Crippen LogP contribution in [0.3, 0.4) is 0 Å². The summed E-state index contributed by atoms with van der Waals surface area (Å²) in [5, 5.41) is 0.628. The van der Waals surface area contributed by atoms with E-state index >= 15 is 0 Å². The largest absolute Gasteiger partial charge is 0.325 e. The maximum absolute atomic E-state index is 12.7. The highest BCUT2D eigenvalue weighted by molar-refractivity contribution is 9.10. The number of piperazine rings is 1. The lowest BCUT2D eigenvalue weighted by atomic mass is 10.1. The zero-order valence-electron chi connectivity index (χ0n) is 13.1. The Balaban J connectivity index is 1.79.